The van der Waals surface area contributed by atoms with Crippen LogP contribution in [-0.4, -0.2) is 43.7 Å². The summed E-state index contributed by atoms with van der Waals surface area (Å²) >= 11 is 0. The Morgan fingerprint density at radius 3 is 2.94 bits per heavy atom. The van der Waals surface area contributed by atoms with Gasteiger partial charge in [-0.3, -0.25) is 4.79 Å². The molecule has 0 spiro atoms. The third-order valence-electron chi connectivity index (χ3n) is 3.04. The zero-order chi connectivity index (χ0) is 12.7. The molecule has 0 aliphatic carbocycles. The summed E-state index contributed by atoms with van der Waals surface area (Å²) in [7, 11) is 1.70. The predicted octanol–water partition coefficient (Wildman–Crippen LogP) is 1.31. The van der Waals surface area contributed by atoms with E-state index < -0.39 is 0 Å². The van der Waals surface area contributed by atoms with Gasteiger partial charge in [0.1, 0.15) is 0 Å². The molecule has 4 heteroatoms. The van der Waals surface area contributed by atoms with Crippen molar-refractivity contribution in [1.82, 2.24) is 4.90 Å². The van der Waals surface area contributed by atoms with Gasteiger partial charge in [-0.15, -0.1) is 0 Å². The Morgan fingerprint density at radius 1 is 1.65 bits per heavy atom. The van der Waals surface area contributed by atoms with E-state index in [-0.39, 0.29) is 11.9 Å². The lowest BCUT2D eigenvalue weighted by Crippen LogP contribution is -2.35. The smallest absolute Gasteiger partial charge is 0.222 e. The molecule has 0 fully saturated rings. The molecular weight excluding hydrogens is 216 g/mol. The summed E-state index contributed by atoms with van der Waals surface area (Å²) in [4.78, 5) is 13.8. The molecule has 4 nitrogen and oxygen atoms in total. The van der Waals surface area contributed by atoms with E-state index in [2.05, 4.69) is 6.08 Å². The molecule has 0 radical (unpaired) electrons. The highest BCUT2D eigenvalue weighted by Gasteiger charge is 2.16. The van der Waals surface area contributed by atoms with Crippen molar-refractivity contribution >= 4 is 5.91 Å². The lowest BCUT2D eigenvalue weighted by atomic mass is 10.1. The zero-order valence-corrected chi connectivity index (χ0v) is 10.9. The van der Waals surface area contributed by atoms with Crippen molar-refractivity contribution < 1.29 is 9.53 Å². The molecule has 0 saturated carbocycles. The van der Waals surface area contributed by atoms with Gasteiger partial charge < -0.3 is 15.4 Å². The number of nitrogens with two attached hydrogens (primary N) is 1. The molecule has 1 aliphatic rings. The van der Waals surface area contributed by atoms with Crippen LogP contribution in [0.1, 0.15) is 32.6 Å². The van der Waals surface area contributed by atoms with Crippen LogP contribution in [0.15, 0.2) is 11.6 Å². The fourth-order valence-corrected chi connectivity index (χ4v) is 1.99. The van der Waals surface area contributed by atoms with E-state index in [1.807, 2.05) is 11.8 Å². The number of hydrogen-bond donors (Lipinski definition) is 1. The monoisotopic (exact) mass is 240 g/mol. The van der Waals surface area contributed by atoms with Gasteiger partial charge in [0.25, 0.3) is 0 Å². The second kappa shape index (κ2) is 7.45. The lowest BCUT2D eigenvalue weighted by Gasteiger charge is -2.26. The third kappa shape index (κ3) is 5.33. The summed E-state index contributed by atoms with van der Waals surface area (Å²) in [5, 5.41) is 0. The Balaban J connectivity index is 2.26. The summed E-state index contributed by atoms with van der Waals surface area (Å²) < 4.78 is 5.08. The van der Waals surface area contributed by atoms with Crippen LogP contribution in [0.4, 0.5) is 0 Å². The summed E-state index contributed by atoms with van der Waals surface area (Å²) in [5.74, 6) is 0.248. The van der Waals surface area contributed by atoms with E-state index in [0.717, 1.165) is 32.4 Å². The Labute approximate surface area is 104 Å². The Bertz CT molecular complexity index is 275. The van der Waals surface area contributed by atoms with Crippen LogP contribution in [0.3, 0.4) is 0 Å². The van der Waals surface area contributed by atoms with Crippen LogP contribution in [-0.2, 0) is 9.53 Å². The molecule has 0 saturated heterocycles. The highest BCUT2D eigenvalue weighted by Crippen LogP contribution is 2.13. The maximum atomic E-state index is 11.9. The van der Waals surface area contributed by atoms with Crippen LogP contribution in [0, 0.1) is 0 Å². The summed E-state index contributed by atoms with van der Waals surface area (Å²) in [6, 6.07) is 0.192. The molecule has 0 bridgehead atoms. The van der Waals surface area contributed by atoms with Crippen molar-refractivity contribution in [2.45, 2.75) is 38.6 Å². The minimum absolute atomic E-state index is 0.192. The van der Waals surface area contributed by atoms with Crippen LogP contribution in [0.25, 0.3) is 0 Å². The van der Waals surface area contributed by atoms with Gasteiger partial charge in [-0.25, -0.2) is 0 Å². The van der Waals surface area contributed by atoms with Gasteiger partial charge in [0.15, 0.2) is 0 Å². The van der Waals surface area contributed by atoms with E-state index in [4.69, 9.17) is 10.5 Å². The molecule has 1 amide bonds. The van der Waals surface area contributed by atoms with Crippen molar-refractivity contribution in [3.8, 4) is 0 Å². The van der Waals surface area contributed by atoms with Crippen LogP contribution in [0.5, 0.6) is 0 Å². The number of rotatable bonds is 6. The quantitative estimate of drug-likeness (QED) is 0.712. The Morgan fingerprint density at radius 2 is 2.41 bits per heavy atom. The first-order chi connectivity index (χ1) is 8.13. The first-order valence-corrected chi connectivity index (χ1v) is 6.33. The van der Waals surface area contributed by atoms with Crippen LogP contribution >= 0.6 is 0 Å². The first kappa shape index (κ1) is 14.2. The third-order valence-corrected chi connectivity index (χ3v) is 3.04. The van der Waals surface area contributed by atoms with Gasteiger partial charge in [0, 0.05) is 32.7 Å². The SMILES string of the molecule is COCC1=CCN(C(=O)CCCC(C)N)CC1. The predicted molar refractivity (Wildman–Crippen MR) is 68.7 cm³/mol. The maximum Gasteiger partial charge on any atom is 0.222 e. The van der Waals surface area contributed by atoms with E-state index in [9.17, 15) is 4.79 Å². The topological polar surface area (TPSA) is 55.6 Å². The van der Waals surface area contributed by atoms with E-state index in [1.165, 1.54) is 5.57 Å². The van der Waals surface area contributed by atoms with Gasteiger partial charge in [-0.05, 0) is 31.8 Å². The van der Waals surface area contributed by atoms with Crippen molar-refractivity contribution in [3.05, 3.63) is 11.6 Å². The molecule has 0 aromatic heterocycles. The van der Waals surface area contributed by atoms with Gasteiger partial charge >= 0.3 is 0 Å². The highest BCUT2D eigenvalue weighted by atomic mass is 16.5. The standard InChI is InChI=1S/C13H24N2O2/c1-11(14)4-3-5-13(16)15-8-6-12(7-9-15)10-17-2/h6,11H,3-5,7-10,14H2,1-2H3. The molecule has 0 aromatic carbocycles. The largest absolute Gasteiger partial charge is 0.380 e. The summed E-state index contributed by atoms with van der Waals surface area (Å²) in [6.07, 6.45) is 5.48. The lowest BCUT2D eigenvalue weighted by molar-refractivity contribution is -0.131. The number of nitrogens with zero attached hydrogens (tertiary/aromatic N) is 1. The Hall–Kier alpha value is -0.870. The van der Waals surface area contributed by atoms with Crippen LogP contribution in [0.2, 0.25) is 0 Å². The average molecular weight is 240 g/mol. The number of amides is 1. The fourth-order valence-electron chi connectivity index (χ4n) is 1.99. The molecule has 1 heterocycles. The molecule has 1 unspecified atom stereocenters. The minimum Gasteiger partial charge on any atom is -0.380 e. The van der Waals surface area contributed by atoms with Gasteiger partial charge in [-0.2, -0.15) is 0 Å². The van der Waals surface area contributed by atoms with Gasteiger partial charge in [0.2, 0.25) is 5.91 Å². The van der Waals surface area contributed by atoms with E-state index in [1.54, 1.807) is 7.11 Å². The fraction of sp³-hybridized carbons (Fsp3) is 0.769. The molecule has 2 N–H and O–H groups in total. The minimum atomic E-state index is 0.192. The number of hydrogen-bond acceptors (Lipinski definition) is 3. The van der Waals surface area contributed by atoms with Crippen molar-refractivity contribution in [3.63, 3.8) is 0 Å². The van der Waals surface area contributed by atoms with Crippen molar-refractivity contribution in [2.24, 2.45) is 5.73 Å². The van der Waals surface area contributed by atoms with E-state index >= 15 is 0 Å². The molecule has 1 rings (SSSR count). The van der Waals surface area contributed by atoms with E-state index in [0.29, 0.717) is 13.0 Å². The zero-order valence-electron chi connectivity index (χ0n) is 10.9. The second-order valence-electron chi connectivity index (χ2n) is 4.75. The summed E-state index contributed by atoms with van der Waals surface area (Å²) in [6.45, 7) is 4.22. The maximum absolute atomic E-state index is 11.9. The molecule has 1 atom stereocenters. The second-order valence-corrected chi connectivity index (χ2v) is 4.75. The first-order valence-electron chi connectivity index (χ1n) is 6.33. The van der Waals surface area contributed by atoms with Gasteiger partial charge in [0.05, 0.1) is 6.61 Å². The normalized spacial score (nSPS) is 17.8. The van der Waals surface area contributed by atoms with Crippen LogP contribution < -0.4 is 5.73 Å². The van der Waals surface area contributed by atoms with Crippen molar-refractivity contribution in [2.75, 3.05) is 26.8 Å². The average Bonchev–Trinajstić information content (AvgIpc) is 2.30. The molecule has 17 heavy (non-hydrogen) atoms. The summed E-state index contributed by atoms with van der Waals surface area (Å²) in [5.41, 5.74) is 6.96. The number of methoxy groups -OCH3 is 1. The van der Waals surface area contributed by atoms with Gasteiger partial charge in [-0.1, -0.05) is 6.08 Å². The highest BCUT2D eigenvalue weighted by molar-refractivity contribution is 5.76. The Kier molecular flexibility index (Phi) is 6.22. The molecule has 1 aliphatic heterocycles. The molecule has 0 aromatic rings. The number of carbonyl (C=O) groups excluding carboxylic acids is 1. The number of carbonyl (C=O) groups is 1. The molecule has 98 valence electrons. The number of ether oxygens (including phenoxy) is 1. The molecular formula is C13H24N2O2. The van der Waals surface area contributed by atoms with Crippen molar-refractivity contribution in [1.29, 1.82) is 0 Å².